The molecule has 0 aromatic carbocycles. The monoisotopic (exact) mass is 256 g/mol. The quantitative estimate of drug-likeness (QED) is 0.574. The first kappa shape index (κ1) is 14.5. The van der Waals surface area contributed by atoms with Crippen LogP contribution in [-0.4, -0.2) is 55.9 Å². The van der Waals surface area contributed by atoms with Crippen LogP contribution in [0.1, 0.15) is 13.3 Å². The van der Waals surface area contributed by atoms with E-state index in [1.54, 1.807) is 0 Å². The van der Waals surface area contributed by atoms with Crippen molar-refractivity contribution in [1.82, 2.24) is 10.2 Å². The van der Waals surface area contributed by atoms with Crippen LogP contribution in [0.4, 0.5) is 4.79 Å². The summed E-state index contributed by atoms with van der Waals surface area (Å²) < 4.78 is 9.67. The summed E-state index contributed by atoms with van der Waals surface area (Å²) in [5, 5.41) is 3.22. The van der Waals surface area contributed by atoms with E-state index in [9.17, 15) is 9.59 Å². The summed E-state index contributed by atoms with van der Waals surface area (Å²) in [4.78, 5) is 24.8. The SMILES string of the molecule is C=CCOC(=O)N1CC(NCC)CC1C(=O)OC. The molecule has 6 heteroatoms. The largest absolute Gasteiger partial charge is 0.467 e. The molecule has 1 heterocycles. The molecule has 1 rings (SSSR count). The Balaban J connectivity index is 2.68. The Kier molecular flexibility index (Phi) is 5.64. The van der Waals surface area contributed by atoms with Crippen molar-refractivity contribution in [3.05, 3.63) is 12.7 Å². The lowest BCUT2D eigenvalue weighted by Gasteiger charge is -2.21. The highest BCUT2D eigenvalue weighted by Gasteiger charge is 2.40. The van der Waals surface area contributed by atoms with E-state index in [1.165, 1.54) is 18.1 Å². The Hall–Kier alpha value is -1.56. The number of carbonyl (C=O) groups is 2. The minimum atomic E-state index is -0.573. The van der Waals surface area contributed by atoms with Crippen LogP contribution >= 0.6 is 0 Å². The highest BCUT2D eigenvalue weighted by Crippen LogP contribution is 2.20. The number of rotatable bonds is 5. The van der Waals surface area contributed by atoms with Gasteiger partial charge in [-0.15, -0.1) is 0 Å². The van der Waals surface area contributed by atoms with E-state index >= 15 is 0 Å². The maximum atomic E-state index is 11.8. The van der Waals surface area contributed by atoms with Crippen molar-refractivity contribution in [3.63, 3.8) is 0 Å². The number of nitrogens with one attached hydrogen (secondary N) is 1. The van der Waals surface area contributed by atoms with Gasteiger partial charge in [0.15, 0.2) is 0 Å². The number of methoxy groups -OCH3 is 1. The van der Waals surface area contributed by atoms with Crippen LogP contribution in [-0.2, 0) is 14.3 Å². The average molecular weight is 256 g/mol. The molecule has 18 heavy (non-hydrogen) atoms. The van der Waals surface area contributed by atoms with Gasteiger partial charge in [-0.1, -0.05) is 19.6 Å². The van der Waals surface area contributed by atoms with Gasteiger partial charge in [-0.3, -0.25) is 4.90 Å². The predicted molar refractivity (Wildman–Crippen MR) is 66.1 cm³/mol. The Morgan fingerprint density at radius 2 is 2.28 bits per heavy atom. The summed E-state index contributed by atoms with van der Waals surface area (Å²) in [7, 11) is 1.32. The van der Waals surface area contributed by atoms with E-state index in [1.807, 2.05) is 6.92 Å². The molecule has 1 N–H and O–H groups in total. The lowest BCUT2D eigenvalue weighted by Crippen LogP contribution is -2.41. The van der Waals surface area contributed by atoms with Gasteiger partial charge in [0.2, 0.25) is 0 Å². The second-order valence-corrected chi connectivity index (χ2v) is 4.05. The van der Waals surface area contributed by atoms with Crippen LogP contribution < -0.4 is 5.32 Å². The molecule has 0 radical (unpaired) electrons. The molecule has 6 nitrogen and oxygen atoms in total. The molecule has 2 atom stereocenters. The topological polar surface area (TPSA) is 67.9 Å². The molecule has 102 valence electrons. The molecule has 1 aliphatic heterocycles. The van der Waals surface area contributed by atoms with Crippen molar-refractivity contribution >= 4 is 12.1 Å². The summed E-state index contributed by atoms with van der Waals surface area (Å²) in [5.41, 5.74) is 0. The van der Waals surface area contributed by atoms with Crippen LogP contribution in [0.2, 0.25) is 0 Å². The highest BCUT2D eigenvalue weighted by molar-refractivity contribution is 5.82. The molecule has 1 saturated heterocycles. The number of likely N-dealkylation sites (tertiary alicyclic amines) is 1. The van der Waals surface area contributed by atoms with Crippen LogP contribution in [0.25, 0.3) is 0 Å². The van der Waals surface area contributed by atoms with E-state index in [0.29, 0.717) is 13.0 Å². The van der Waals surface area contributed by atoms with Crippen LogP contribution in [0.15, 0.2) is 12.7 Å². The van der Waals surface area contributed by atoms with Gasteiger partial charge in [0, 0.05) is 12.6 Å². The normalized spacial score (nSPS) is 22.7. The third-order valence-electron chi connectivity index (χ3n) is 2.83. The summed E-state index contributed by atoms with van der Waals surface area (Å²) in [5.74, 6) is -0.411. The molecular formula is C12H20N2O4. The zero-order chi connectivity index (χ0) is 13.5. The summed E-state index contributed by atoms with van der Waals surface area (Å²) in [6, 6.07) is -0.480. The molecular weight excluding hydrogens is 236 g/mol. The third kappa shape index (κ3) is 3.46. The zero-order valence-electron chi connectivity index (χ0n) is 10.8. The summed E-state index contributed by atoms with van der Waals surface area (Å²) in [6.07, 6.45) is 1.53. The van der Waals surface area contributed by atoms with Crippen LogP contribution in [0.5, 0.6) is 0 Å². The molecule has 2 unspecified atom stereocenters. The van der Waals surface area contributed by atoms with Gasteiger partial charge >= 0.3 is 12.1 Å². The standard InChI is InChI=1S/C12H20N2O4/c1-4-6-18-12(16)14-8-9(13-5-2)7-10(14)11(15)17-3/h4,9-10,13H,1,5-8H2,2-3H3. The average Bonchev–Trinajstić information content (AvgIpc) is 2.79. The van der Waals surface area contributed by atoms with Gasteiger partial charge in [0.05, 0.1) is 7.11 Å². The minimum absolute atomic E-state index is 0.0929. The second kappa shape index (κ2) is 7.00. The first-order chi connectivity index (χ1) is 8.63. The number of ether oxygens (including phenoxy) is 2. The van der Waals surface area contributed by atoms with Gasteiger partial charge in [0.25, 0.3) is 0 Å². The molecule has 0 aromatic rings. The number of carbonyl (C=O) groups excluding carboxylic acids is 2. The van der Waals surface area contributed by atoms with Crippen molar-refractivity contribution in [2.24, 2.45) is 0 Å². The molecule has 1 fully saturated rings. The number of likely N-dealkylation sites (N-methyl/N-ethyl adjacent to an activating group) is 1. The van der Waals surface area contributed by atoms with Crippen molar-refractivity contribution in [2.75, 3.05) is 26.8 Å². The van der Waals surface area contributed by atoms with E-state index in [4.69, 9.17) is 9.47 Å². The number of hydrogen-bond acceptors (Lipinski definition) is 5. The van der Waals surface area contributed by atoms with Gasteiger partial charge in [-0.25, -0.2) is 9.59 Å². The van der Waals surface area contributed by atoms with Crippen molar-refractivity contribution < 1.29 is 19.1 Å². The Morgan fingerprint density at radius 1 is 1.56 bits per heavy atom. The lowest BCUT2D eigenvalue weighted by molar-refractivity contribution is -0.145. The fourth-order valence-corrected chi connectivity index (χ4v) is 2.05. The first-order valence-corrected chi connectivity index (χ1v) is 5.99. The van der Waals surface area contributed by atoms with Crippen LogP contribution in [0.3, 0.4) is 0 Å². The molecule has 0 spiro atoms. The van der Waals surface area contributed by atoms with Crippen molar-refractivity contribution in [3.8, 4) is 0 Å². The van der Waals surface area contributed by atoms with Gasteiger partial charge in [0.1, 0.15) is 12.6 Å². The van der Waals surface area contributed by atoms with E-state index in [0.717, 1.165) is 6.54 Å². The number of nitrogens with zero attached hydrogens (tertiary/aromatic N) is 1. The first-order valence-electron chi connectivity index (χ1n) is 5.99. The maximum absolute atomic E-state index is 11.8. The smallest absolute Gasteiger partial charge is 0.410 e. The number of hydrogen-bond donors (Lipinski definition) is 1. The highest BCUT2D eigenvalue weighted by atomic mass is 16.6. The molecule has 1 aliphatic rings. The molecule has 0 saturated carbocycles. The fourth-order valence-electron chi connectivity index (χ4n) is 2.05. The summed E-state index contributed by atoms with van der Waals surface area (Å²) in [6.45, 7) is 6.82. The molecule has 0 aliphatic carbocycles. The maximum Gasteiger partial charge on any atom is 0.410 e. The van der Waals surface area contributed by atoms with Gasteiger partial charge in [-0.2, -0.15) is 0 Å². The van der Waals surface area contributed by atoms with Crippen molar-refractivity contribution in [2.45, 2.75) is 25.4 Å². The number of esters is 1. The van der Waals surface area contributed by atoms with E-state index in [-0.39, 0.29) is 12.6 Å². The molecule has 1 amide bonds. The Labute approximate surface area is 107 Å². The summed E-state index contributed by atoms with van der Waals surface area (Å²) >= 11 is 0. The number of amides is 1. The van der Waals surface area contributed by atoms with Crippen molar-refractivity contribution in [1.29, 1.82) is 0 Å². The minimum Gasteiger partial charge on any atom is -0.467 e. The third-order valence-corrected chi connectivity index (χ3v) is 2.83. The Morgan fingerprint density at radius 3 is 2.83 bits per heavy atom. The van der Waals surface area contributed by atoms with Gasteiger partial charge in [-0.05, 0) is 13.0 Å². The lowest BCUT2D eigenvalue weighted by atomic mass is 10.2. The zero-order valence-corrected chi connectivity index (χ0v) is 10.8. The second-order valence-electron chi connectivity index (χ2n) is 4.05. The molecule has 0 bridgehead atoms. The molecule has 0 aromatic heterocycles. The van der Waals surface area contributed by atoms with E-state index < -0.39 is 18.1 Å². The fraction of sp³-hybridized carbons (Fsp3) is 0.667. The van der Waals surface area contributed by atoms with Gasteiger partial charge < -0.3 is 14.8 Å². The Bertz CT molecular complexity index is 319. The van der Waals surface area contributed by atoms with Crippen LogP contribution in [0, 0.1) is 0 Å². The van der Waals surface area contributed by atoms with E-state index in [2.05, 4.69) is 11.9 Å². The predicted octanol–water partition coefficient (Wildman–Crippen LogP) is 0.534.